The first kappa shape index (κ1) is 19.9. The summed E-state index contributed by atoms with van der Waals surface area (Å²) in [6.07, 6.45) is 0. The van der Waals surface area contributed by atoms with Crippen LogP contribution in [0.3, 0.4) is 0 Å². The van der Waals surface area contributed by atoms with Crippen LogP contribution >= 0.6 is 22.9 Å². The molecule has 148 valence electrons. The maximum Gasteiger partial charge on any atom is 0.321 e. The van der Waals surface area contributed by atoms with Gasteiger partial charge in [-0.2, -0.15) is 0 Å². The van der Waals surface area contributed by atoms with Crippen molar-refractivity contribution in [2.75, 3.05) is 12.4 Å². The number of amides is 3. The van der Waals surface area contributed by atoms with Crippen molar-refractivity contribution < 1.29 is 18.5 Å². The van der Waals surface area contributed by atoms with Crippen LogP contribution in [0.4, 0.5) is 9.93 Å². The summed E-state index contributed by atoms with van der Waals surface area (Å²) in [7, 11) is 1.67. The molecular weight excluding hydrogens is 406 g/mol. The molecule has 0 fully saturated rings. The topological polar surface area (TPSA) is 114 Å². The molecule has 3 aromatic heterocycles. The number of carbonyl (C=O) groups is 2. The van der Waals surface area contributed by atoms with Crippen LogP contribution in [0.5, 0.6) is 0 Å². The number of nitrogens with one attached hydrogen (secondary N) is 2. The van der Waals surface area contributed by atoms with Gasteiger partial charge in [-0.3, -0.25) is 10.1 Å². The molecule has 3 amide bonds. The Hall–Kier alpha value is -2.85. The van der Waals surface area contributed by atoms with Crippen molar-refractivity contribution in [3.63, 3.8) is 0 Å². The fraction of sp³-hybridized carbons (Fsp3) is 0.294. The van der Waals surface area contributed by atoms with Gasteiger partial charge in [-0.25, -0.2) is 9.78 Å². The molecule has 0 radical (unpaired) electrons. The van der Waals surface area contributed by atoms with E-state index < -0.39 is 6.03 Å². The second kappa shape index (κ2) is 8.44. The van der Waals surface area contributed by atoms with Crippen LogP contribution in [-0.2, 0) is 13.1 Å². The molecular formula is C17H18ClN5O4S. The summed E-state index contributed by atoms with van der Waals surface area (Å²) in [4.78, 5) is 30.4. The number of anilines is 1. The largest absolute Gasteiger partial charge is 0.448 e. The fourth-order valence-corrected chi connectivity index (χ4v) is 3.35. The van der Waals surface area contributed by atoms with Crippen LogP contribution in [0.1, 0.15) is 33.3 Å². The zero-order valence-electron chi connectivity index (χ0n) is 15.4. The number of carbonyl (C=O) groups excluding carboxylic acids is 2. The number of thiazole rings is 1. The van der Waals surface area contributed by atoms with Crippen LogP contribution in [0.2, 0.25) is 5.22 Å². The van der Waals surface area contributed by atoms with E-state index in [1.165, 1.54) is 16.2 Å². The van der Waals surface area contributed by atoms with Crippen molar-refractivity contribution >= 4 is 40.0 Å². The molecule has 0 aliphatic rings. The van der Waals surface area contributed by atoms with Crippen molar-refractivity contribution in [1.82, 2.24) is 20.4 Å². The third-order valence-electron chi connectivity index (χ3n) is 3.82. The van der Waals surface area contributed by atoms with Gasteiger partial charge < -0.3 is 19.2 Å². The highest BCUT2D eigenvalue weighted by Crippen LogP contribution is 2.19. The highest BCUT2D eigenvalue weighted by atomic mass is 35.5. The molecule has 3 aromatic rings. The summed E-state index contributed by atoms with van der Waals surface area (Å²) in [5.74, 6) is 0.817. The van der Waals surface area contributed by atoms with Gasteiger partial charge in [-0.15, -0.1) is 11.3 Å². The van der Waals surface area contributed by atoms with E-state index in [1.807, 2.05) is 0 Å². The summed E-state index contributed by atoms with van der Waals surface area (Å²) in [5, 5.41) is 11.5. The average molecular weight is 424 g/mol. The summed E-state index contributed by atoms with van der Waals surface area (Å²) < 4.78 is 10.2. The minimum absolute atomic E-state index is 0.200. The first-order valence-electron chi connectivity index (χ1n) is 8.25. The van der Waals surface area contributed by atoms with Crippen LogP contribution in [0.25, 0.3) is 0 Å². The number of furan rings is 1. The summed E-state index contributed by atoms with van der Waals surface area (Å²) in [6, 6.07) is 2.86. The smallest absolute Gasteiger partial charge is 0.321 e. The third-order valence-corrected chi connectivity index (χ3v) is 4.83. The normalized spacial score (nSPS) is 10.7. The number of urea groups is 1. The second-order valence-corrected chi connectivity index (χ2v) is 7.25. The zero-order chi connectivity index (χ0) is 20.3. The van der Waals surface area contributed by atoms with E-state index >= 15 is 0 Å². The SMILES string of the molecule is Cc1noc(C)c1C(=O)N(C)Cc1csc(NC(=O)NCc2ccc(Cl)o2)n1. The predicted molar refractivity (Wildman–Crippen MR) is 103 cm³/mol. The van der Waals surface area contributed by atoms with Crippen molar-refractivity contribution in [1.29, 1.82) is 0 Å². The van der Waals surface area contributed by atoms with Gasteiger partial charge in [-0.05, 0) is 37.6 Å². The Kier molecular flexibility index (Phi) is 6.00. The Balaban J connectivity index is 1.53. The maximum atomic E-state index is 12.6. The molecule has 0 aromatic carbocycles. The second-order valence-electron chi connectivity index (χ2n) is 6.02. The lowest BCUT2D eigenvalue weighted by Crippen LogP contribution is -2.28. The van der Waals surface area contributed by atoms with Crippen LogP contribution in [-0.4, -0.2) is 34.0 Å². The Morgan fingerprint density at radius 1 is 1.32 bits per heavy atom. The van der Waals surface area contributed by atoms with Gasteiger partial charge in [0.25, 0.3) is 5.91 Å². The Bertz CT molecular complexity index is 976. The molecule has 3 heterocycles. The standard InChI is InChI=1S/C17H18ClN5O4S/c1-9-14(10(2)27-22-9)15(24)23(3)7-11-8-28-17(20-11)21-16(25)19-6-12-4-5-13(18)26-12/h4-5,8H,6-7H2,1-3H3,(H2,19,20,21,25). The maximum absolute atomic E-state index is 12.6. The molecule has 0 unspecified atom stereocenters. The van der Waals surface area contributed by atoms with Gasteiger partial charge in [0.1, 0.15) is 17.1 Å². The molecule has 9 nitrogen and oxygen atoms in total. The number of hydrogen-bond acceptors (Lipinski definition) is 7. The van der Waals surface area contributed by atoms with Crippen molar-refractivity contribution in [2.45, 2.75) is 26.9 Å². The minimum Gasteiger partial charge on any atom is -0.448 e. The van der Waals surface area contributed by atoms with Gasteiger partial charge in [0.15, 0.2) is 10.4 Å². The molecule has 28 heavy (non-hydrogen) atoms. The highest BCUT2D eigenvalue weighted by Gasteiger charge is 2.21. The quantitative estimate of drug-likeness (QED) is 0.626. The van der Waals surface area contributed by atoms with Crippen LogP contribution in [0, 0.1) is 13.8 Å². The van der Waals surface area contributed by atoms with Gasteiger partial charge in [-0.1, -0.05) is 5.16 Å². The van der Waals surface area contributed by atoms with Crippen molar-refractivity contribution in [3.8, 4) is 0 Å². The number of hydrogen-bond donors (Lipinski definition) is 2. The number of aryl methyl sites for hydroxylation is 2. The first-order valence-corrected chi connectivity index (χ1v) is 9.51. The van der Waals surface area contributed by atoms with Crippen molar-refractivity contribution in [3.05, 3.63) is 51.2 Å². The third kappa shape index (κ3) is 4.70. The molecule has 0 aliphatic carbocycles. The fourth-order valence-electron chi connectivity index (χ4n) is 2.49. The number of aromatic nitrogens is 2. The molecule has 0 saturated heterocycles. The molecule has 0 saturated carbocycles. The van der Waals surface area contributed by atoms with Gasteiger partial charge >= 0.3 is 6.03 Å². The Morgan fingerprint density at radius 2 is 2.11 bits per heavy atom. The summed E-state index contributed by atoms with van der Waals surface area (Å²) in [6.45, 7) is 3.90. The van der Waals surface area contributed by atoms with E-state index in [0.717, 1.165) is 0 Å². The Labute approximate surface area is 169 Å². The van der Waals surface area contributed by atoms with E-state index in [0.29, 0.717) is 33.6 Å². The highest BCUT2D eigenvalue weighted by molar-refractivity contribution is 7.13. The van der Waals surface area contributed by atoms with E-state index in [4.69, 9.17) is 20.5 Å². The lowest BCUT2D eigenvalue weighted by atomic mass is 10.2. The minimum atomic E-state index is -0.423. The van der Waals surface area contributed by atoms with Gasteiger partial charge in [0.05, 0.1) is 24.5 Å². The lowest BCUT2D eigenvalue weighted by molar-refractivity contribution is 0.0781. The molecule has 11 heteroatoms. The molecule has 2 N–H and O–H groups in total. The monoisotopic (exact) mass is 423 g/mol. The molecule has 0 bridgehead atoms. The summed E-state index contributed by atoms with van der Waals surface area (Å²) in [5.41, 5.74) is 1.65. The average Bonchev–Trinajstić information content (AvgIpc) is 3.34. The van der Waals surface area contributed by atoms with E-state index in [9.17, 15) is 9.59 Å². The van der Waals surface area contributed by atoms with E-state index in [2.05, 4.69) is 20.8 Å². The van der Waals surface area contributed by atoms with Crippen LogP contribution in [0.15, 0.2) is 26.5 Å². The molecule has 0 atom stereocenters. The van der Waals surface area contributed by atoms with Crippen molar-refractivity contribution in [2.24, 2.45) is 0 Å². The number of halogens is 1. The van der Waals surface area contributed by atoms with Gasteiger partial charge in [0.2, 0.25) is 0 Å². The predicted octanol–water partition coefficient (Wildman–Crippen LogP) is 3.59. The summed E-state index contributed by atoms with van der Waals surface area (Å²) >= 11 is 6.95. The zero-order valence-corrected chi connectivity index (χ0v) is 17.0. The molecule has 0 aliphatic heterocycles. The van der Waals surface area contributed by atoms with E-state index in [-0.39, 0.29) is 24.2 Å². The lowest BCUT2D eigenvalue weighted by Gasteiger charge is -2.15. The van der Waals surface area contributed by atoms with Gasteiger partial charge in [0, 0.05) is 12.4 Å². The first-order chi connectivity index (χ1) is 13.3. The number of rotatable bonds is 6. The molecule has 0 spiro atoms. The van der Waals surface area contributed by atoms with E-state index in [1.54, 1.807) is 38.4 Å². The number of nitrogens with zero attached hydrogens (tertiary/aromatic N) is 3. The molecule has 3 rings (SSSR count). The Morgan fingerprint density at radius 3 is 2.75 bits per heavy atom. The van der Waals surface area contributed by atoms with Crippen LogP contribution < -0.4 is 10.6 Å².